The molecule has 0 aliphatic carbocycles. The lowest BCUT2D eigenvalue weighted by molar-refractivity contribution is 0.119. The van der Waals surface area contributed by atoms with Crippen LogP contribution in [-0.4, -0.2) is 37.7 Å². The fourth-order valence-electron chi connectivity index (χ4n) is 3.10. The van der Waals surface area contributed by atoms with Gasteiger partial charge in [-0.15, -0.1) is 0 Å². The average Bonchev–Trinajstić information content (AvgIpc) is 2.40. The summed E-state index contributed by atoms with van der Waals surface area (Å²) in [4.78, 5) is 2.52. The van der Waals surface area contributed by atoms with Crippen molar-refractivity contribution in [2.45, 2.75) is 27.2 Å². The lowest BCUT2D eigenvalue weighted by Gasteiger charge is -2.34. The summed E-state index contributed by atoms with van der Waals surface area (Å²) in [5.41, 5.74) is 0. The summed E-state index contributed by atoms with van der Waals surface area (Å²) in [6.07, 6.45) is 1.35. The van der Waals surface area contributed by atoms with Gasteiger partial charge in [0, 0.05) is 19.6 Å². The zero-order valence-corrected chi connectivity index (χ0v) is 13.0. The van der Waals surface area contributed by atoms with Gasteiger partial charge in [0.25, 0.3) is 0 Å². The van der Waals surface area contributed by atoms with E-state index in [9.17, 15) is 0 Å². The van der Waals surface area contributed by atoms with Crippen LogP contribution in [0.3, 0.4) is 0 Å². The van der Waals surface area contributed by atoms with E-state index in [4.69, 9.17) is 9.47 Å². The Labute approximate surface area is 122 Å². The SMILES string of the molecule is CCOc1ccccc1OCCN1C[C@H](C)C[C@H](C)C1. The molecule has 1 saturated heterocycles. The minimum absolute atomic E-state index is 0.668. The van der Waals surface area contributed by atoms with Crippen LogP contribution in [0.4, 0.5) is 0 Å². The van der Waals surface area contributed by atoms with Gasteiger partial charge in [0.1, 0.15) is 6.61 Å². The first-order valence-corrected chi connectivity index (χ1v) is 7.76. The summed E-state index contributed by atoms with van der Waals surface area (Å²) < 4.78 is 11.5. The molecule has 0 N–H and O–H groups in total. The largest absolute Gasteiger partial charge is 0.490 e. The highest BCUT2D eigenvalue weighted by Gasteiger charge is 2.21. The summed E-state index contributed by atoms with van der Waals surface area (Å²) in [6, 6.07) is 7.91. The first-order valence-electron chi connectivity index (χ1n) is 7.76. The van der Waals surface area contributed by atoms with E-state index in [1.807, 2.05) is 31.2 Å². The Morgan fingerprint density at radius 1 is 1.05 bits per heavy atom. The van der Waals surface area contributed by atoms with Crippen molar-refractivity contribution in [2.24, 2.45) is 11.8 Å². The highest BCUT2D eigenvalue weighted by molar-refractivity contribution is 5.39. The molecule has 0 radical (unpaired) electrons. The molecule has 1 aliphatic rings. The molecule has 0 saturated carbocycles. The smallest absolute Gasteiger partial charge is 0.161 e. The van der Waals surface area contributed by atoms with Crippen molar-refractivity contribution >= 4 is 0 Å². The lowest BCUT2D eigenvalue weighted by Crippen LogP contribution is -2.40. The maximum atomic E-state index is 5.90. The van der Waals surface area contributed by atoms with E-state index in [1.54, 1.807) is 0 Å². The predicted molar refractivity (Wildman–Crippen MR) is 82.5 cm³/mol. The van der Waals surface area contributed by atoms with Crippen LogP contribution in [-0.2, 0) is 0 Å². The van der Waals surface area contributed by atoms with Gasteiger partial charge in [-0.1, -0.05) is 26.0 Å². The summed E-state index contributed by atoms with van der Waals surface area (Å²) in [5, 5.41) is 0. The zero-order chi connectivity index (χ0) is 14.4. The van der Waals surface area contributed by atoms with E-state index in [0.717, 1.165) is 36.5 Å². The molecule has 1 aliphatic heterocycles. The van der Waals surface area contributed by atoms with Crippen LogP contribution in [0, 0.1) is 11.8 Å². The summed E-state index contributed by atoms with van der Waals surface area (Å²) in [6.45, 7) is 11.5. The van der Waals surface area contributed by atoms with E-state index >= 15 is 0 Å². The van der Waals surface area contributed by atoms with Gasteiger partial charge in [0.15, 0.2) is 11.5 Å². The van der Waals surface area contributed by atoms with Gasteiger partial charge >= 0.3 is 0 Å². The Bertz CT molecular complexity index is 398. The van der Waals surface area contributed by atoms with E-state index in [-0.39, 0.29) is 0 Å². The van der Waals surface area contributed by atoms with Crippen molar-refractivity contribution in [1.82, 2.24) is 4.90 Å². The van der Waals surface area contributed by atoms with E-state index in [0.29, 0.717) is 6.61 Å². The molecule has 0 unspecified atom stereocenters. The van der Waals surface area contributed by atoms with Crippen LogP contribution in [0.5, 0.6) is 11.5 Å². The zero-order valence-electron chi connectivity index (χ0n) is 13.0. The Morgan fingerprint density at radius 2 is 1.65 bits per heavy atom. The molecule has 3 nitrogen and oxygen atoms in total. The van der Waals surface area contributed by atoms with Crippen molar-refractivity contribution in [3.05, 3.63) is 24.3 Å². The van der Waals surface area contributed by atoms with Crippen molar-refractivity contribution < 1.29 is 9.47 Å². The molecule has 0 amide bonds. The fourth-order valence-corrected chi connectivity index (χ4v) is 3.10. The van der Waals surface area contributed by atoms with Crippen LogP contribution in [0.2, 0.25) is 0 Å². The van der Waals surface area contributed by atoms with Crippen LogP contribution < -0.4 is 9.47 Å². The number of benzene rings is 1. The number of hydrogen-bond donors (Lipinski definition) is 0. The number of para-hydroxylation sites is 2. The molecule has 1 aromatic rings. The summed E-state index contributed by atoms with van der Waals surface area (Å²) in [7, 11) is 0. The molecule has 1 heterocycles. The normalized spacial score (nSPS) is 23.6. The summed E-state index contributed by atoms with van der Waals surface area (Å²) >= 11 is 0. The number of piperidine rings is 1. The summed E-state index contributed by atoms with van der Waals surface area (Å²) in [5.74, 6) is 3.30. The Kier molecular flexibility index (Phi) is 5.72. The van der Waals surface area contributed by atoms with E-state index in [2.05, 4.69) is 18.7 Å². The third-order valence-electron chi connectivity index (χ3n) is 3.76. The van der Waals surface area contributed by atoms with Gasteiger partial charge in [-0.2, -0.15) is 0 Å². The highest BCUT2D eigenvalue weighted by Crippen LogP contribution is 2.26. The minimum atomic E-state index is 0.668. The Balaban J connectivity index is 1.81. The second-order valence-corrected chi connectivity index (χ2v) is 5.93. The molecule has 1 aromatic carbocycles. The maximum absolute atomic E-state index is 5.90. The van der Waals surface area contributed by atoms with Gasteiger partial charge in [-0.05, 0) is 37.3 Å². The molecular weight excluding hydrogens is 250 g/mol. The Morgan fingerprint density at radius 3 is 2.25 bits per heavy atom. The standard InChI is InChI=1S/C17H27NO2/c1-4-19-16-7-5-6-8-17(16)20-10-9-18-12-14(2)11-15(3)13-18/h5-8,14-15H,4,9-13H2,1-3H3/t14-,15+. The van der Waals surface area contributed by atoms with Gasteiger partial charge in [0.2, 0.25) is 0 Å². The number of ether oxygens (including phenoxy) is 2. The number of hydrogen-bond acceptors (Lipinski definition) is 3. The van der Waals surface area contributed by atoms with E-state index < -0.39 is 0 Å². The maximum Gasteiger partial charge on any atom is 0.161 e. The van der Waals surface area contributed by atoms with Gasteiger partial charge in [-0.3, -0.25) is 4.90 Å². The monoisotopic (exact) mass is 277 g/mol. The quantitative estimate of drug-likeness (QED) is 0.795. The molecule has 20 heavy (non-hydrogen) atoms. The third-order valence-corrected chi connectivity index (χ3v) is 3.76. The van der Waals surface area contributed by atoms with Gasteiger partial charge in [-0.25, -0.2) is 0 Å². The van der Waals surface area contributed by atoms with E-state index in [1.165, 1.54) is 19.5 Å². The molecule has 1 fully saturated rings. The molecule has 112 valence electrons. The first kappa shape index (κ1) is 15.2. The van der Waals surface area contributed by atoms with Gasteiger partial charge < -0.3 is 9.47 Å². The van der Waals surface area contributed by atoms with Crippen molar-refractivity contribution in [3.63, 3.8) is 0 Å². The second kappa shape index (κ2) is 7.53. The number of nitrogens with zero attached hydrogens (tertiary/aromatic N) is 1. The molecule has 2 rings (SSSR count). The number of rotatable bonds is 6. The third kappa shape index (κ3) is 4.41. The highest BCUT2D eigenvalue weighted by atomic mass is 16.5. The molecular formula is C17H27NO2. The molecule has 0 bridgehead atoms. The fraction of sp³-hybridized carbons (Fsp3) is 0.647. The van der Waals surface area contributed by atoms with Crippen LogP contribution in [0.15, 0.2) is 24.3 Å². The average molecular weight is 277 g/mol. The molecule has 0 spiro atoms. The van der Waals surface area contributed by atoms with Crippen molar-refractivity contribution in [3.8, 4) is 11.5 Å². The van der Waals surface area contributed by atoms with Crippen molar-refractivity contribution in [1.29, 1.82) is 0 Å². The van der Waals surface area contributed by atoms with Crippen LogP contribution >= 0.6 is 0 Å². The first-order chi connectivity index (χ1) is 9.69. The number of likely N-dealkylation sites (tertiary alicyclic amines) is 1. The Hall–Kier alpha value is -1.22. The second-order valence-electron chi connectivity index (χ2n) is 5.93. The van der Waals surface area contributed by atoms with Crippen molar-refractivity contribution in [2.75, 3.05) is 32.8 Å². The topological polar surface area (TPSA) is 21.7 Å². The molecule has 0 aromatic heterocycles. The van der Waals surface area contributed by atoms with Crippen LogP contribution in [0.1, 0.15) is 27.2 Å². The van der Waals surface area contributed by atoms with Gasteiger partial charge in [0.05, 0.1) is 6.61 Å². The lowest BCUT2D eigenvalue weighted by atomic mass is 9.92. The van der Waals surface area contributed by atoms with Crippen LogP contribution in [0.25, 0.3) is 0 Å². The minimum Gasteiger partial charge on any atom is -0.490 e. The predicted octanol–water partition coefficient (Wildman–Crippen LogP) is 3.44. The molecule has 2 atom stereocenters. The molecule has 3 heteroatoms.